The molecule has 6 heteroatoms. The molecule has 21 heavy (non-hydrogen) atoms. The number of benzene rings is 1. The van der Waals surface area contributed by atoms with E-state index in [0.717, 1.165) is 6.42 Å². The van der Waals surface area contributed by atoms with Crippen LogP contribution in [0.1, 0.15) is 39.7 Å². The van der Waals surface area contributed by atoms with Gasteiger partial charge >= 0.3 is 0 Å². The summed E-state index contributed by atoms with van der Waals surface area (Å²) in [5.41, 5.74) is 6.36. The first-order valence-corrected chi connectivity index (χ1v) is 8.82. The molecule has 0 aliphatic carbocycles. The van der Waals surface area contributed by atoms with Crippen molar-refractivity contribution < 1.29 is 13.2 Å². The summed E-state index contributed by atoms with van der Waals surface area (Å²) in [6.45, 7) is 8.57. The smallest absolute Gasteiger partial charge is 0.240 e. The van der Waals surface area contributed by atoms with Gasteiger partial charge in [-0.3, -0.25) is 0 Å². The third-order valence-electron chi connectivity index (χ3n) is 3.70. The molecule has 1 aromatic carbocycles. The predicted molar refractivity (Wildman–Crippen MR) is 84.7 cm³/mol. The minimum absolute atomic E-state index is 0.118. The molecule has 0 amide bonds. The highest BCUT2D eigenvalue weighted by Gasteiger charge is 2.21. The SMILES string of the molecule is CCOc1ccc(S(=O)(=O)NC(C)C(C)CC)cc1CN. The second-order valence-corrected chi connectivity index (χ2v) is 6.92. The Morgan fingerprint density at radius 3 is 2.48 bits per heavy atom. The van der Waals surface area contributed by atoms with E-state index in [2.05, 4.69) is 4.72 Å². The van der Waals surface area contributed by atoms with Crippen LogP contribution < -0.4 is 15.2 Å². The Hall–Kier alpha value is -1.11. The van der Waals surface area contributed by atoms with E-state index < -0.39 is 10.0 Å². The van der Waals surface area contributed by atoms with Crippen molar-refractivity contribution in [3.63, 3.8) is 0 Å². The standard InChI is InChI=1S/C15H26N2O3S/c1-5-11(3)12(4)17-21(18,19)14-7-8-15(20-6-2)13(9-14)10-16/h7-9,11-12,17H,5-6,10,16H2,1-4H3. The van der Waals surface area contributed by atoms with Crippen LogP contribution in [-0.2, 0) is 16.6 Å². The molecule has 0 aliphatic heterocycles. The van der Waals surface area contributed by atoms with Gasteiger partial charge in [-0.25, -0.2) is 13.1 Å². The summed E-state index contributed by atoms with van der Waals surface area (Å²) in [6.07, 6.45) is 0.918. The van der Waals surface area contributed by atoms with E-state index in [-0.39, 0.29) is 23.4 Å². The number of hydrogen-bond donors (Lipinski definition) is 2. The van der Waals surface area contributed by atoms with Crippen LogP contribution in [0, 0.1) is 5.92 Å². The molecule has 0 fully saturated rings. The molecule has 0 bridgehead atoms. The maximum atomic E-state index is 12.4. The third kappa shape index (κ3) is 4.69. The average Bonchev–Trinajstić information content (AvgIpc) is 2.46. The van der Waals surface area contributed by atoms with Crippen LogP contribution in [0.4, 0.5) is 0 Å². The Balaban J connectivity index is 3.03. The summed E-state index contributed by atoms with van der Waals surface area (Å²) in [4.78, 5) is 0.224. The van der Waals surface area contributed by atoms with Crippen LogP contribution in [0.5, 0.6) is 5.75 Å². The van der Waals surface area contributed by atoms with Gasteiger partial charge in [0, 0.05) is 18.2 Å². The molecular weight excluding hydrogens is 288 g/mol. The third-order valence-corrected chi connectivity index (χ3v) is 5.26. The molecular formula is C15H26N2O3S. The van der Waals surface area contributed by atoms with Gasteiger partial charge in [-0.05, 0) is 38.0 Å². The van der Waals surface area contributed by atoms with E-state index in [4.69, 9.17) is 10.5 Å². The van der Waals surface area contributed by atoms with Crippen molar-refractivity contribution in [3.8, 4) is 5.75 Å². The maximum Gasteiger partial charge on any atom is 0.240 e. The Morgan fingerprint density at radius 1 is 1.29 bits per heavy atom. The summed E-state index contributed by atoms with van der Waals surface area (Å²) in [7, 11) is -3.54. The number of sulfonamides is 1. The van der Waals surface area contributed by atoms with Crippen LogP contribution >= 0.6 is 0 Å². The van der Waals surface area contributed by atoms with Gasteiger partial charge < -0.3 is 10.5 Å². The Kier molecular flexibility index (Phi) is 6.64. The number of ether oxygens (including phenoxy) is 1. The normalized spacial score (nSPS) is 14.7. The highest BCUT2D eigenvalue weighted by molar-refractivity contribution is 7.89. The summed E-state index contributed by atoms with van der Waals surface area (Å²) < 4.78 is 33.0. The van der Waals surface area contributed by atoms with E-state index in [1.54, 1.807) is 18.2 Å². The van der Waals surface area contributed by atoms with Crippen LogP contribution in [-0.4, -0.2) is 21.1 Å². The monoisotopic (exact) mass is 314 g/mol. The van der Waals surface area contributed by atoms with Crippen LogP contribution in [0.15, 0.2) is 23.1 Å². The number of hydrogen-bond acceptors (Lipinski definition) is 4. The average molecular weight is 314 g/mol. The fourth-order valence-corrected chi connectivity index (χ4v) is 3.36. The molecule has 1 aromatic rings. The molecule has 0 saturated heterocycles. The summed E-state index contributed by atoms with van der Waals surface area (Å²) in [5.74, 6) is 0.908. The lowest BCUT2D eigenvalue weighted by atomic mass is 10.0. The molecule has 2 unspecified atom stereocenters. The second-order valence-electron chi connectivity index (χ2n) is 5.20. The van der Waals surface area contributed by atoms with Crippen LogP contribution in [0.3, 0.4) is 0 Å². The Labute approximate surface area is 127 Å². The molecule has 0 radical (unpaired) electrons. The van der Waals surface area contributed by atoms with Gasteiger partial charge in [0.2, 0.25) is 10.0 Å². The number of rotatable bonds is 8. The van der Waals surface area contributed by atoms with E-state index in [9.17, 15) is 8.42 Å². The van der Waals surface area contributed by atoms with Gasteiger partial charge in [-0.1, -0.05) is 20.3 Å². The fourth-order valence-electron chi connectivity index (χ4n) is 1.96. The molecule has 0 saturated carbocycles. The summed E-state index contributed by atoms with van der Waals surface area (Å²) in [5, 5.41) is 0. The van der Waals surface area contributed by atoms with Crippen LogP contribution in [0.2, 0.25) is 0 Å². The number of nitrogens with two attached hydrogens (primary N) is 1. The maximum absolute atomic E-state index is 12.4. The first-order valence-electron chi connectivity index (χ1n) is 7.33. The van der Waals surface area contributed by atoms with Gasteiger partial charge in [0.1, 0.15) is 5.75 Å². The quantitative estimate of drug-likeness (QED) is 0.771. The zero-order chi connectivity index (χ0) is 16.0. The zero-order valence-electron chi connectivity index (χ0n) is 13.2. The van der Waals surface area contributed by atoms with Gasteiger partial charge in [-0.2, -0.15) is 0 Å². The highest BCUT2D eigenvalue weighted by Crippen LogP contribution is 2.23. The van der Waals surface area contributed by atoms with Crippen molar-refractivity contribution in [2.24, 2.45) is 11.7 Å². The minimum Gasteiger partial charge on any atom is -0.494 e. The molecule has 5 nitrogen and oxygen atoms in total. The molecule has 1 rings (SSSR count). The highest BCUT2D eigenvalue weighted by atomic mass is 32.2. The largest absolute Gasteiger partial charge is 0.494 e. The molecule has 0 aliphatic rings. The van der Waals surface area contributed by atoms with Crippen molar-refractivity contribution in [1.29, 1.82) is 0 Å². The molecule has 0 heterocycles. The van der Waals surface area contributed by atoms with Gasteiger partial charge in [0.05, 0.1) is 11.5 Å². The predicted octanol–water partition coefficient (Wildman–Crippen LogP) is 2.26. The van der Waals surface area contributed by atoms with Gasteiger partial charge in [-0.15, -0.1) is 0 Å². The molecule has 3 N–H and O–H groups in total. The van der Waals surface area contributed by atoms with Crippen molar-refractivity contribution >= 4 is 10.0 Å². The lowest BCUT2D eigenvalue weighted by Crippen LogP contribution is -2.36. The minimum atomic E-state index is -3.54. The van der Waals surface area contributed by atoms with Gasteiger partial charge in [0.15, 0.2) is 0 Å². The molecule has 0 spiro atoms. The Bertz CT molecular complexity index is 558. The molecule has 2 atom stereocenters. The van der Waals surface area contributed by atoms with Crippen molar-refractivity contribution in [2.75, 3.05) is 6.61 Å². The molecule has 0 aromatic heterocycles. The van der Waals surface area contributed by atoms with E-state index >= 15 is 0 Å². The first kappa shape index (κ1) is 17.9. The second kappa shape index (κ2) is 7.77. The lowest BCUT2D eigenvalue weighted by molar-refractivity contribution is 0.336. The zero-order valence-corrected chi connectivity index (χ0v) is 14.0. The topological polar surface area (TPSA) is 81.4 Å². The van der Waals surface area contributed by atoms with E-state index in [1.807, 2.05) is 27.7 Å². The van der Waals surface area contributed by atoms with Crippen molar-refractivity contribution in [2.45, 2.75) is 51.6 Å². The fraction of sp³-hybridized carbons (Fsp3) is 0.600. The van der Waals surface area contributed by atoms with Crippen molar-refractivity contribution in [3.05, 3.63) is 23.8 Å². The van der Waals surface area contributed by atoms with E-state index in [0.29, 0.717) is 17.9 Å². The van der Waals surface area contributed by atoms with Gasteiger partial charge in [0.25, 0.3) is 0 Å². The van der Waals surface area contributed by atoms with Crippen LogP contribution in [0.25, 0.3) is 0 Å². The lowest BCUT2D eigenvalue weighted by Gasteiger charge is -2.20. The summed E-state index contributed by atoms with van der Waals surface area (Å²) >= 11 is 0. The van der Waals surface area contributed by atoms with E-state index in [1.165, 1.54) is 0 Å². The Morgan fingerprint density at radius 2 is 1.95 bits per heavy atom. The summed E-state index contributed by atoms with van der Waals surface area (Å²) in [6, 6.07) is 4.67. The van der Waals surface area contributed by atoms with Crippen molar-refractivity contribution in [1.82, 2.24) is 4.72 Å². The first-order chi connectivity index (χ1) is 9.85. The molecule has 120 valence electrons. The number of nitrogens with one attached hydrogen (secondary N) is 1.